The molecule has 1 aromatic carbocycles. The molecule has 0 spiro atoms. The molecule has 0 bridgehead atoms. The van der Waals surface area contributed by atoms with Gasteiger partial charge in [-0.15, -0.1) is 12.4 Å². The van der Waals surface area contributed by atoms with Gasteiger partial charge in [0.2, 0.25) is 0 Å². The average molecular weight is 278 g/mol. The Hall–Kier alpha value is -0.0900. The quantitative estimate of drug-likeness (QED) is 0.821. The molecule has 0 saturated carbocycles. The van der Waals surface area contributed by atoms with Gasteiger partial charge in [0, 0.05) is 30.1 Å². The minimum Gasteiger partial charge on any atom is -0.314 e. The molecule has 4 heteroatoms. The maximum absolute atomic E-state index is 3.48. The van der Waals surface area contributed by atoms with Crippen LogP contribution in [-0.2, 0) is 0 Å². The smallest absolute Gasteiger partial charge is 0.0447 e. The van der Waals surface area contributed by atoms with Crippen molar-refractivity contribution in [3.05, 3.63) is 34.3 Å². The van der Waals surface area contributed by atoms with E-state index in [1.807, 2.05) is 0 Å². The third-order valence-electron chi connectivity index (χ3n) is 2.29. The predicted octanol–water partition coefficient (Wildman–Crippen LogP) is 2.10. The zero-order chi connectivity index (χ0) is 9.10. The second-order valence-corrected chi connectivity index (χ2v) is 4.18. The van der Waals surface area contributed by atoms with Crippen LogP contribution in [0.5, 0.6) is 0 Å². The number of piperazine rings is 1. The molecule has 1 aromatic rings. The van der Waals surface area contributed by atoms with Gasteiger partial charge < -0.3 is 10.6 Å². The van der Waals surface area contributed by atoms with Gasteiger partial charge in [0.15, 0.2) is 0 Å². The summed E-state index contributed by atoms with van der Waals surface area (Å²) in [6.07, 6.45) is 0. The van der Waals surface area contributed by atoms with Crippen LogP contribution in [0, 0.1) is 0 Å². The van der Waals surface area contributed by atoms with E-state index >= 15 is 0 Å². The Balaban J connectivity index is 0.000000980. The summed E-state index contributed by atoms with van der Waals surface area (Å²) in [7, 11) is 0. The third kappa shape index (κ3) is 2.95. The van der Waals surface area contributed by atoms with Crippen LogP contribution in [0.4, 0.5) is 0 Å². The van der Waals surface area contributed by atoms with Gasteiger partial charge >= 0.3 is 0 Å². The summed E-state index contributed by atoms with van der Waals surface area (Å²) in [4.78, 5) is 0. The van der Waals surface area contributed by atoms with Gasteiger partial charge in [-0.1, -0.05) is 28.1 Å². The lowest BCUT2D eigenvalue weighted by Crippen LogP contribution is -2.42. The number of rotatable bonds is 1. The van der Waals surface area contributed by atoms with E-state index in [1.165, 1.54) is 5.56 Å². The number of nitrogens with one attached hydrogen (secondary N) is 2. The fourth-order valence-electron chi connectivity index (χ4n) is 1.61. The number of benzene rings is 1. The fourth-order valence-corrected chi connectivity index (χ4v) is 2.03. The SMILES string of the molecule is Brc1cccc([C@@H]2CNCCN2)c1.Cl. The van der Waals surface area contributed by atoms with E-state index in [-0.39, 0.29) is 12.4 Å². The Labute approximate surface area is 99.0 Å². The molecule has 1 saturated heterocycles. The van der Waals surface area contributed by atoms with Gasteiger partial charge in [-0.25, -0.2) is 0 Å². The van der Waals surface area contributed by atoms with E-state index in [0.717, 1.165) is 24.1 Å². The second-order valence-electron chi connectivity index (χ2n) is 3.27. The monoisotopic (exact) mass is 276 g/mol. The number of hydrogen-bond acceptors (Lipinski definition) is 2. The lowest BCUT2D eigenvalue weighted by atomic mass is 10.1. The summed E-state index contributed by atoms with van der Waals surface area (Å²) < 4.78 is 1.15. The standard InChI is InChI=1S/C10H13BrN2.ClH/c11-9-3-1-2-8(6-9)10-7-12-4-5-13-10;/h1-3,6,10,12-13H,4-5,7H2;1H/t10-;/m0./s1. The molecule has 2 N–H and O–H groups in total. The molecule has 1 heterocycles. The third-order valence-corrected chi connectivity index (χ3v) is 2.79. The van der Waals surface area contributed by atoms with Crippen molar-refractivity contribution in [2.75, 3.05) is 19.6 Å². The van der Waals surface area contributed by atoms with Gasteiger partial charge in [-0.3, -0.25) is 0 Å². The summed E-state index contributed by atoms with van der Waals surface area (Å²) in [5.41, 5.74) is 1.35. The maximum Gasteiger partial charge on any atom is 0.0447 e. The molecule has 1 aliphatic rings. The first-order valence-electron chi connectivity index (χ1n) is 4.56. The van der Waals surface area contributed by atoms with Crippen LogP contribution in [0.15, 0.2) is 28.7 Å². The van der Waals surface area contributed by atoms with E-state index in [4.69, 9.17) is 0 Å². The molecule has 1 atom stereocenters. The van der Waals surface area contributed by atoms with Gasteiger partial charge in [-0.05, 0) is 17.7 Å². The fraction of sp³-hybridized carbons (Fsp3) is 0.400. The molecular formula is C10H14BrClN2. The van der Waals surface area contributed by atoms with Crippen molar-refractivity contribution in [1.29, 1.82) is 0 Å². The molecule has 0 aromatic heterocycles. The molecule has 0 amide bonds. The molecule has 0 aliphatic carbocycles. The molecule has 2 rings (SSSR count). The van der Waals surface area contributed by atoms with Crippen molar-refractivity contribution in [3.63, 3.8) is 0 Å². The van der Waals surface area contributed by atoms with E-state index in [1.54, 1.807) is 0 Å². The van der Waals surface area contributed by atoms with Crippen molar-refractivity contribution in [1.82, 2.24) is 10.6 Å². The average Bonchev–Trinajstić information content (AvgIpc) is 2.19. The van der Waals surface area contributed by atoms with Crippen LogP contribution >= 0.6 is 28.3 Å². The minimum absolute atomic E-state index is 0. The van der Waals surface area contributed by atoms with Crippen molar-refractivity contribution < 1.29 is 0 Å². The number of halogens is 2. The highest BCUT2D eigenvalue weighted by Crippen LogP contribution is 2.18. The lowest BCUT2D eigenvalue weighted by Gasteiger charge is -2.24. The van der Waals surface area contributed by atoms with Crippen LogP contribution in [-0.4, -0.2) is 19.6 Å². The van der Waals surface area contributed by atoms with Crippen molar-refractivity contribution in [2.45, 2.75) is 6.04 Å². The van der Waals surface area contributed by atoms with Gasteiger partial charge in [0.05, 0.1) is 0 Å². The van der Waals surface area contributed by atoms with Gasteiger partial charge in [-0.2, -0.15) is 0 Å². The molecule has 14 heavy (non-hydrogen) atoms. The molecular weight excluding hydrogens is 263 g/mol. The van der Waals surface area contributed by atoms with E-state index in [0.29, 0.717) is 6.04 Å². The van der Waals surface area contributed by atoms with Gasteiger partial charge in [0.25, 0.3) is 0 Å². The summed E-state index contributed by atoms with van der Waals surface area (Å²) in [5.74, 6) is 0. The van der Waals surface area contributed by atoms with E-state index in [9.17, 15) is 0 Å². The Morgan fingerprint density at radius 2 is 2.14 bits per heavy atom. The predicted molar refractivity (Wildman–Crippen MR) is 65.0 cm³/mol. The van der Waals surface area contributed by atoms with E-state index in [2.05, 4.69) is 50.8 Å². The van der Waals surface area contributed by atoms with Crippen molar-refractivity contribution in [2.24, 2.45) is 0 Å². The molecule has 0 radical (unpaired) electrons. The molecule has 1 aliphatic heterocycles. The zero-order valence-corrected chi connectivity index (χ0v) is 10.2. The molecule has 78 valence electrons. The first-order valence-corrected chi connectivity index (χ1v) is 5.35. The first-order chi connectivity index (χ1) is 6.36. The largest absolute Gasteiger partial charge is 0.314 e. The first kappa shape index (κ1) is 12.0. The van der Waals surface area contributed by atoms with Gasteiger partial charge in [0.1, 0.15) is 0 Å². The highest BCUT2D eigenvalue weighted by Gasteiger charge is 2.13. The Morgan fingerprint density at radius 1 is 1.29 bits per heavy atom. The van der Waals surface area contributed by atoms with Crippen LogP contribution in [0.1, 0.15) is 11.6 Å². The highest BCUT2D eigenvalue weighted by molar-refractivity contribution is 9.10. The maximum atomic E-state index is 3.48. The van der Waals surface area contributed by atoms with Crippen LogP contribution in [0.2, 0.25) is 0 Å². The van der Waals surface area contributed by atoms with Crippen molar-refractivity contribution in [3.8, 4) is 0 Å². The van der Waals surface area contributed by atoms with Crippen LogP contribution in [0.25, 0.3) is 0 Å². The van der Waals surface area contributed by atoms with Crippen molar-refractivity contribution >= 4 is 28.3 Å². The summed E-state index contributed by atoms with van der Waals surface area (Å²) >= 11 is 3.48. The Bertz CT molecular complexity index is 287. The summed E-state index contributed by atoms with van der Waals surface area (Å²) in [6.45, 7) is 3.15. The highest BCUT2D eigenvalue weighted by atomic mass is 79.9. The topological polar surface area (TPSA) is 24.1 Å². The molecule has 1 fully saturated rings. The minimum atomic E-state index is 0. The zero-order valence-electron chi connectivity index (χ0n) is 7.79. The normalized spacial score (nSPS) is 21.4. The molecule has 0 unspecified atom stereocenters. The van der Waals surface area contributed by atoms with E-state index < -0.39 is 0 Å². The second kappa shape index (κ2) is 5.71. The summed E-state index contributed by atoms with van der Waals surface area (Å²) in [5, 5.41) is 6.85. The molecule has 2 nitrogen and oxygen atoms in total. The summed E-state index contributed by atoms with van der Waals surface area (Å²) in [6, 6.07) is 8.93. The lowest BCUT2D eigenvalue weighted by molar-refractivity contribution is 0.430. The van der Waals surface area contributed by atoms with Crippen LogP contribution in [0.3, 0.4) is 0 Å². The van der Waals surface area contributed by atoms with Crippen LogP contribution < -0.4 is 10.6 Å². The Kier molecular flexibility index (Phi) is 4.89. The Morgan fingerprint density at radius 3 is 2.79 bits per heavy atom. The number of hydrogen-bond donors (Lipinski definition) is 2.